The van der Waals surface area contributed by atoms with Gasteiger partial charge in [-0.3, -0.25) is 24.0 Å². The van der Waals surface area contributed by atoms with E-state index in [2.05, 4.69) is 10.6 Å². The van der Waals surface area contributed by atoms with E-state index in [0.717, 1.165) is 32.1 Å². The van der Waals surface area contributed by atoms with Gasteiger partial charge in [0.05, 0.1) is 12.6 Å². The van der Waals surface area contributed by atoms with Crippen LogP contribution in [0.1, 0.15) is 78.6 Å². The molecule has 1 aliphatic carbocycles. The molecule has 12 nitrogen and oxygen atoms in total. The number of hydrogen-bond acceptors (Lipinski definition) is 7. The zero-order chi connectivity index (χ0) is 28.2. The second kappa shape index (κ2) is 15.3. The van der Waals surface area contributed by atoms with E-state index >= 15 is 0 Å². The number of likely N-dealkylation sites (tertiary alicyclic amines) is 1. The number of carbonyl (C=O) groups excluding carboxylic acids is 5. The van der Waals surface area contributed by atoms with Gasteiger partial charge in [-0.15, -0.1) is 0 Å². The smallest absolute Gasteiger partial charge is 0.407 e. The van der Waals surface area contributed by atoms with E-state index in [9.17, 15) is 28.8 Å². The molecule has 38 heavy (non-hydrogen) atoms. The van der Waals surface area contributed by atoms with Crippen molar-refractivity contribution in [3.05, 3.63) is 0 Å². The molecule has 0 bridgehead atoms. The molecule has 214 valence electrons. The number of nitrogens with one attached hydrogen (secondary N) is 3. The fourth-order valence-corrected chi connectivity index (χ4v) is 4.97. The number of carbonyl (C=O) groups is 6. The molecule has 4 N–H and O–H groups in total. The molecule has 2 fully saturated rings. The number of ether oxygens (including phenoxy) is 1. The first kappa shape index (κ1) is 31.0. The molecule has 0 aromatic rings. The molecule has 1 aliphatic heterocycles. The summed E-state index contributed by atoms with van der Waals surface area (Å²) in [6, 6.07) is -2.81. The Labute approximate surface area is 223 Å². The largest absolute Gasteiger partial charge is 0.480 e. The Kier molecular flexibility index (Phi) is 12.5. The molecule has 0 spiro atoms. The van der Waals surface area contributed by atoms with Crippen molar-refractivity contribution in [2.45, 2.75) is 96.7 Å². The van der Waals surface area contributed by atoms with Crippen LogP contribution in [-0.2, 0) is 28.7 Å². The Morgan fingerprint density at radius 1 is 0.974 bits per heavy atom. The van der Waals surface area contributed by atoms with E-state index in [1.165, 1.54) is 4.90 Å². The minimum Gasteiger partial charge on any atom is -0.480 e. The molecule has 1 heterocycles. The summed E-state index contributed by atoms with van der Waals surface area (Å²) in [6.45, 7) is 5.45. The van der Waals surface area contributed by atoms with Crippen LogP contribution >= 0.6 is 0 Å². The lowest BCUT2D eigenvalue weighted by Gasteiger charge is -2.34. The van der Waals surface area contributed by atoms with Gasteiger partial charge in [0.2, 0.25) is 17.6 Å². The van der Waals surface area contributed by atoms with Crippen molar-refractivity contribution in [2.75, 3.05) is 19.7 Å². The van der Waals surface area contributed by atoms with Gasteiger partial charge in [0.1, 0.15) is 18.6 Å². The highest BCUT2D eigenvalue weighted by Gasteiger charge is 2.42. The third-order valence-corrected chi connectivity index (χ3v) is 6.88. The first-order chi connectivity index (χ1) is 18.0. The second-order valence-electron chi connectivity index (χ2n) is 10.5. The minimum absolute atomic E-state index is 0.0699. The topological polar surface area (TPSA) is 171 Å². The van der Waals surface area contributed by atoms with Crippen LogP contribution in [0.2, 0.25) is 0 Å². The van der Waals surface area contributed by atoms with Gasteiger partial charge in [-0.25, -0.2) is 4.79 Å². The van der Waals surface area contributed by atoms with Crippen LogP contribution in [0.4, 0.5) is 4.79 Å². The fraction of sp³-hybridized carbons (Fsp3) is 0.769. The van der Waals surface area contributed by atoms with Crippen LogP contribution in [-0.4, -0.2) is 83.4 Å². The maximum absolute atomic E-state index is 13.7. The zero-order valence-corrected chi connectivity index (χ0v) is 22.6. The average molecular weight is 539 g/mol. The van der Waals surface area contributed by atoms with Crippen LogP contribution in [0.3, 0.4) is 0 Å². The lowest BCUT2D eigenvalue weighted by molar-refractivity contribution is -0.144. The van der Waals surface area contributed by atoms with E-state index in [1.807, 2.05) is 19.2 Å². The monoisotopic (exact) mass is 538 g/mol. The first-order valence-corrected chi connectivity index (χ1v) is 13.6. The molecule has 0 radical (unpaired) electrons. The number of hydrogen-bond donors (Lipinski definition) is 4. The maximum atomic E-state index is 13.7. The van der Waals surface area contributed by atoms with Gasteiger partial charge in [-0.1, -0.05) is 46.5 Å². The van der Waals surface area contributed by atoms with Crippen LogP contribution in [0.5, 0.6) is 0 Å². The van der Waals surface area contributed by atoms with Gasteiger partial charge >= 0.3 is 12.1 Å². The molecule has 1 saturated heterocycles. The summed E-state index contributed by atoms with van der Waals surface area (Å²) in [4.78, 5) is 76.3. The summed E-state index contributed by atoms with van der Waals surface area (Å²) in [5, 5.41) is 16.1. The van der Waals surface area contributed by atoms with Crippen molar-refractivity contribution in [2.24, 2.45) is 11.8 Å². The summed E-state index contributed by atoms with van der Waals surface area (Å²) in [6.07, 6.45) is 5.49. The van der Waals surface area contributed by atoms with E-state index in [0.29, 0.717) is 25.8 Å². The lowest BCUT2D eigenvalue weighted by atomic mass is 9.83. The zero-order valence-electron chi connectivity index (χ0n) is 22.6. The summed E-state index contributed by atoms with van der Waals surface area (Å²) in [5.74, 6) is -4.16. The summed E-state index contributed by atoms with van der Waals surface area (Å²) in [7, 11) is 0. The van der Waals surface area contributed by atoms with Gasteiger partial charge in [-0.05, 0) is 43.9 Å². The molecule has 3 atom stereocenters. The number of rotatable bonds is 13. The van der Waals surface area contributed by atoms with Crippen LogP contribution in [0.25, 0.3) is 0 Å². The summed E-state index contributed by atoms with van der Waals surface area (Å²) < 4.78 is 5.26. The van der Waals surface area contributed by atoms with Crippen molar-refractivity contribution in [3.8, 4) is 0 Å². The number of Topliss-reactive ketones (excluding diaryl/α,β-unsaturated/α-hetero) is 1. The molecule has 2 rings (SSSR count). The molecule has 1 saturated carbocycles. The molecular formula is C26H42N4O8. The Morgan fingerprint density at radius 2 is 1.66 bits per heavy atom. The lowest BCUT2D eigenvalue weighted by Crippen LogP contribution is -2.58. The van der Waals surface area contributed by atoms with Crippen LogP contribution in [0, 0.1) is 11.8 Å². The van der Waals surface area contributed by atoms with Gasteiger partial charge in [0, 0.05) is 6.54 Å². The van der Waals surface area contributed by atoms with Crippen molar-refractivity contribution < 1.29 is 38.6 Å². The van der Waals surface area contributed by atoms with E-state index in [4.69, 9.17) is 9.84 Å². The average Bonchev–Trinajstić information content (AvgIpc) is 3.39. The molecule has 1 unspecified atom stereocenters. The number of alkyl carbamates (subject to hydrolysis) is 1. The fourth-order valence-electron chi connectivity index (χ4n) is 4.97. The maximum Gasteiger partial charge on any atom is 0.407 e. The number of amides is 4. The highest BCUT2D eigenvalue weighted by Crippen LogP contribution is 2.29. The molecule has 2 aliphatic rings. The third-order valence-electron chi connectivity index (χ3n) is 6.88. The minimum atomic E-state index is -1.29. The van der Waals surface area contributed by atoms with Gasteiger partial charge in [0.15, 0.2) is 0 Å². The standard InChI is InChI=1S/C26H42N4O8/c1-4-9-18(22(33)24(35)27-14-20(31)32)28-23(34)19-12-8-13-30(19)25(36)21(17-10-6-5-7-11-17)29-26(37)38-15-16(2)3/h16-19,21H,4-15H2,1-3H3,(H,27,35)(H,28,34)(H,29,37)(H,31,32)/t18?,19-,21-/m0/s1. The first-order valence-electron chi connectivity index (χ1n) is 13.6. The quantitative estimate of drug-likeness (QED) is 0.255. The summed E-state index contributed by atoms with van der Waals surface area (Å²) in [5.41, 5.74) is 0. The molecule has 4 amide bonds. The number of nitrogens with zero attached hydrogens (tertiary/aromatic N) is 1. The van der Waals surface area contributed by atoms with Gasteiger partial charge < -0.3 is 30.7 Å². The van der Waals surface area contributed by atoms with Crippen molar-refractivity contribution in [1.82, 2.24) is 20.9 Å². The van der Waals surface area contributed by atoms with Crippen molar-refractivity contribution in [3.63, 3.8) is 0 Å². The predicted octanol–water partition coefficient (Wildman–Crippen LogP) is 1.36. The Hall–Kier alpha value is -3.18. The highest BCUT2D eigenvalue weighted by atomic mass is 16.5. The van der Waals surface area contributed by atoms with Crippen LogP contribution < -0.4 is 16.0 Å². The number of aliphatic carboxylic acids is 1. The molecule has 0 aromatic carbocycles. The van der Waals surface area contributed by atoms with Crippen LogP contribution in [0.15, 0.2) is 0 Å². The Morgan fingerprint density at radius 3 is 2.26 bits per heavy atom. The van der Waals surface area contributed by atoms with E-state index in [1.54, 1.807) is 6.92 Å². The SMILES string of the molecule is CCCC(NC(=O)[C@@H]1CCCN1C(=O)[C@@H](NC(=O)OCC(C)C)C1CCCCC1)C(=O)C(=O)NCC(=O)O. The van der Waals surface area contributed by atoms with Crippen molar-refractivity contribution >= 4 is 35.6 Å². The van der Waals surface area contributed by atoms with Gasteiger partial charge in [0.25, 0.3) is 5.91 Å². The Bertz CT molecular complexity index is 871. The predicted molar refractivity (Wildman–Crippen MR) is 137 cm³/mol. The summed E-state index contributed by atoms with van der Waals surface area (Å²) >= 11 is 0. The van der Waals surface area contributed by atoms with Gasteiger partial charge in [-0.2, -0.15) is 0 Å². The normalized spacial score (nSPS) is 19.4. The molecule has 12 heteroatoms. The number of ketones is 1. The second-order valence-corrected chi connectivity index (χ2v) is 10.5. The number of carboxylic acids is 1. The number of carboxylic acid groups (broad SMARTS) is 1. The molecular weight excluding hydrogens is 496 g/mol. The van der Waals surface area contributed by atoms with E-state index in [-0.39, 0.29) is 30.8 Å². The Balaban J connectivity index is 2.13. The third kappa shape index (κ3) is 9.29. The molecule has 0 aromatic heterocycles. The highest BCUT2D eigenvalue weighted by molar-refractivity contribution is 6.38. The van der Waals surface area contributed by atoms with E-state index < -0.39 is 54.3 Å². The van der Waals surface area contributed by atoms with Crippen molar-refractivity contribution in [1.29, 1.82) is 0 Å².